The molecule has 0 aromatic carbocycles. The summed E-state index contributed by atoms with van der Waals surface area (Å²) in [5.41, 5.74) is 0. The van der Waals surface area contributed by atoms with Crippen molar-refractivity contribution in [1.82, 2.24) is 10.6 Å². The number of rotatable bonds is 2. The van der Waals surface area contributed by atoms with E-state index in [2.05, 4.69) is 10.6 Å². The molecule has 10 heavy (non-hydrogen) atoms. The van der Waals surface area contributed by atoms with Crippen LogP contribution in [0.15, 0.2) is 0 Å². The van der Waals surface area contributed by atoms with E-state index in [9.17, 15) is 4.79 Å². The van der Waals surface area contributed by atoms with Crippen LogP contribution in [-0.2, 0) is 9.53 Å². The highest BCUT2D eigenvalue weighted by Crippen LogP contribution is 1.91. The van der Waals surface area contributed by atoms with Gasteiger partial charge in [0.1, 0.15) is 0 Å². The zero-order chi connectivity index (χ0) is 7.40. The van der Waals surface area contributed by atoms with Crippen LogP contribution in [-0.4, -0.2) is 25.4 Å². The van der Waals surface area contributed by atoms with Crippen LogP contribution in [0.5, 0.6) is 0 Å². The monoisotopic (exact) mass is 144 g/mol. The molecule has 0 aliphatic carbocycles. The van der Waals surface area contributed by atoms with Gasteiger partial charge in [-0.25, -0.2) is 0 Å². The molecule has 4 heteroatoms. The van der Waals surface area contributed by atoms with Crippen LogP contribution in [0.1, 0.15) is 13.3 Å². The standard InChI is InChI=1S/C6H12N2O2/c1-2-10-6-7-4-3-5(9)8-6/h6-7H,2-4H2,1H3,(H,8,9). The molecule has 58 valence electrons. The molecule has 4 nitrogen and oxygen atoms in total. The predicted molar refractivity (Wildman–Crippen MR) is 36.2 cm³/mol. The third-order valence-corrected chi connectivity index (χ3v) is 1.31. The highest BCUT2D eigenvalue weighted by atomic mass is 16.5. The smallest absolute Gasteiger partial charge is 0.224 e. The molecule has 1 amide bonds. The number of hydrogen-bond acceptors (Lipinski definition) is 3. The molecular weight excluding hydrogens is 132 g/mol. The number of ether oxygens (including phenoxy) is 1. The van der Waals surface area contributed by atoms with Crippen LogP contribution in [0.25, 0.3) is 0 Å². The van der Waals surface area contributed by atoms with Gasteiger partial charge in [0.2, 0.25) is 5.91 Å². The highest BCUT2D eigenvalue weighted by Gasteiger charge is 2.15. The Kier molecular flexibility index (Phi) is 2.65. The molecule has 1 unspecified atom stereocenters. The largest absolute Gasteiger partial charge is 0.345 e. The third kappa shape index (κ3) is 1.97. The number of carbonyl (C=O) groups excluding carboxylic acids is 1. The van der Waals surface area contributed by atoms with Gasteiger partial charge in [0.15, 0.2) is 6.35 Å². The maximum atomic E-state index is 10.7. The second-order valence-corrected chi connectivity index (χ2v) is 2.11. The van der Waals surface area contributed by atoms with Gasteiger partial charge >= 0.3 is 0 Å². The number of amides is 1. The second kappa shape index (κ2) is 3.53. The van der Waals surface area contributed by atoms with Gasteiger partial charge in [0.05, 0.1) is 0 Å². The molecule has 1 aliphatic rings. The fraction of sp³-hybridized carbons (Fsp3) is 0.833. The molecule has 1 rings (SSSR count). The Morgan fingerprint density at radius 1 is 1.80 bits per heavy atom. The first-order chi connectivity index (χ1) is 4.83. The Hall–Kier alpha value is -0.610. The van der Waals surface area contributed by atoms with Gasteiger partial charge in [0.25, 0.3) is 0 Å². The first kappa shape index (κ1) is 7.50. The predicted octanol–water partition coefficient (Wildman–Crippen LogP) is -0.584. The number of hydrogen-bond donors (Lipinski definition) is 2. The van der Waals surface area contributed by atoms with E-state index in [1.54, 1.807) is 0 Å². The van der Waals surface area contributed by atoms with Crippen molar-refractivity contribution >= 4 is 5.91 Å². The van der Waals surface area contributed by atoms with Gasteiger partial charge in [-0.1, -0.05) is 0 Å². The Morgan fingerprint density at radius 3 is 3.20 bits per heavy atom. The van der Waals surface area contributed by atoms with Crippen LogP contribution >= 0.6 is 0 Å². The van der Waals surface area contributed by atoms with Crippen molar-refractivity contribution in [3.05, 3.63) is 0 Å². The lowest BCUT2D eigenvalue weighted by Gasteiger charge is -2.23. The van der Waals surface area contributed by atoms with Gasteiger partial charge in [0, 0.05) is 19.6 Å². The van der Waals surface area contributed by atoms with Crippen molar-refractivity contribution in [2.45, 2.75) is 19.7 Å². The molecule has 1 aliphatic heterocycles. The normalized spacial score (nSPS) is 26.1. The van der Waals surface area contributed by atoms with Gasteiger partial charge in [-0.2, -0.15) is 0 Å². The average molecular weight is 144 g/mol. The van der Waals surface area contributed by atoms with E-state index >= 15 is 0 Å². The number of carbonyl (C=O) groups is 1. The molecule has 1 fully saturated rings. The minimum Gasteiger partial charge on any atom is -0.345 e. The first-order valence-corrected chi connectivity index (χ1v) is 3.47. The average Bonchev–Trinajstić information content (AvgIpc) is 1.88. The van der Waals surface area contributed by atoms with Crippen LogP contribution in [0.3, 0.4) is 0 Å². The van der Waals surface area contributed by atoms with Crippen LogP contribution in [0, 0.1) is 0 Å². The Balaban J connectivity index is 2.25. The quantitative estimate of drug-likeness (QED) is 0.545. The fourth-order valence-electron chi connectivity index (χ4n) is 0.853. The summed E-state index contributed by atoms with van der Waals surface area (Å²) in [5, 5.41) is 5.64. The topological polar surface area (TPSA) is 50.4 Å². The van der Waals surface area contributed by atoms with E-state index in [0.717, 1.165) is 0 Å². The summed E-state index contributed by atoms with van der Waals surface area (Å²) in [6.07, 6.45) is 0.273. The number of nitrogens with one attached hydrogen (secondary N) is 2. The summed E-state index contributed by atoms with van der Waals surface area (Å²) in [7, 11) is 0. The van der Waals surface area contributed by atoms with Crippen LogP contribution in [0.4, 0.5) is 0 Å². The van der Waals surface area contributed by atoms with Crippen LogP contribution in [0.2, 0.25) is 0 Å². The summed E-state index contributed by atoms with van der Waals surface area (Å²) >= 11 is 0. The molecule has 0 saturated carbocycles. The van der Waals surface area contributed by atoms with Crippen molar-refractivity contribution in [2.75, 3.05) is 13.2 Å². The second-order valence-electron chi connectivity index (χ2n) is 2.11. The fourth-order valence-corrected chi connectivity index (χ4v) is 0.853. The Morgan fingerprint density at radius 2 is 2.60 bits per heavy atom. The lowest BCUT2D eigenvalue weighted by atomic mass is 10.3. The maximum Gasteiger partial charge on any atom is 0.224 e. The van der Waals surface area contributed by atoms with E-state index in [0.29, 0.717) is 19.6 Å². The first-order valence-electron chi connectivity index (χ1n) is 3.47. The third-order valence-electron chi connectivity index (χ3n) is 1.31. The molecule has 1 atom stereocenters. The summed E-state index contributed by atoms with van der Waals surface area (Å²) in [4.78, 5) is 10.7. The van der Waals surface area contributed by atoms with Crippen LogP contribution < -0.4 is 10.6 Å². The summed E-state index contributed by atoms with van der Waals surface area (Å²) < 4.78 is 5.11. The zero-order valence-corrected chi connectivity index (χ0v) is 6.02. The molecule has 1 heterocycles. The van der Waals surface area contributed by atoms with Gasteiger partial charge in [-0.05, 0) is 6.92 Å². The van der Waals surface area contributed by atoms with Crippen molar-refractivity contribution in [3.8, 4) is 0 Å². The van der Waals surface area contributed by atoms with Gasteiger partial charge in [-0.15, -0.1) is 0 Å². The summed E-state index contributed by atoms with van der Waals surface area (Å²) in [5.74, 6) is 0.0530. The SMILES string of the molecule is CCOC1NCCC(=O)N1. The van der Waals surface area contributed by atoms with Crippen molar-refractivity contribution in [2.24, 2.45) is 0 Å². The minimum absolute atomic E-state index is 0.0530. The molecule has 0 bridgehead atoms. The maximum absolute atomic E-state index is 10.7. The van der Waals surface area contributed by atoms with E-state index in [1.165, 1.54) is 0 Å². The minimum atomic E-state index is -0.272. The molecular formula is C6H12N2O2. The molecule has 0 spiro atoms. The van der Waals surface area contributed by atoms with E-state index in [4.69, 9.17) is 4.74 Å². The summed E-state index contributed by atoms with van der Waals surface area (Å²) in [6, 6.07) is 0. The van der Waals surface area contributed by atoms with E-state index in [-0.39, 0.29) is 12.3 Å². The highest BCUT2D eigenvalue weighted by molar-refractivity contribution is 5.76. The molecule has 1 saturated heterocycles. The molecule has 0 radical (unpaired) electrons. The zero-order valence-electron chi connectivity index (χ0n) is 6.02. The van der Waals surface area contributed by atoms with Crippen molar-refractivity contribution in [3.63, 3.8) is 0 Å². The Bertz CT molecular complexity index is 125. The van der Waals surface area contributed by atoms with E-state index < -0.39 is 0 Å². The molecule has 0 aromatic heterocycles. The van der Waals surface area contributed by atoms with Gasteiger partial charge in [-0.3, -0.25) is 10.1 Å². The lowest BCUT2D eigenvalue weighted by Crippen LogP contribution is -2.52. The van der Waals surface area contributed by atoms with E-state index in [1.807, 2.05) is 6.92 Å². The Labute approximate surface area is 59.9 Å². The lowest BCUT2D eigenvalue weighted by molar-refractivity contribution is -0.129. The van der Waals surface area contributed by atoms with Crippen molar-refractivity contribution in [1.29, 1.82) is 0 Å². The summed E-state index contributed by atoms with van der Waals surface area (Å²) in [6.45, 7) is 3.21. The molecule has 0 aromatic rings. The van der Waals surface area contributed by atoms with Gasteiger partial charge < -0.3 is 10.1 Å². The van der Waals surface area contributed by atoms with Crippen molar-refractivity contribution < 1.29 is 9.53 Å². The molecule has 2 N–H and O–H groups in total.